The minimum atomic E-state index is -4.97. The van der Waals surface area contributed by atoms with Gasteiger partial charge in [0.1, 0.15) is 19.3 Å². The van der Waals surface area contributed by atoms with Crippen LogP contribution in [0.25, 0.3) is 0 Å². The van der Waals surface area contributed by atoms with Crippen LogP contribution >= 0.6 is 15.6 Å². The number of phosphoric ester groups is 2. The average Bonchev–Trinajstić information content (AvgIpc) is 0.903. The molecule has 5 atom stereocenters. The first-order valence-corrected chi connectivity index (χ1v) is 47.0. The number of rotatable bonds is 84. The Morgan fingerprint density at radius 3 is 0.654 bits per heavy atom. The van der Waals surface area contributed by atoms with Gasteiger partial charge in [-0.3, -0.25) is 37.3 Å². The predicted octanol–water partition coefficient (Wildman–Crippen LogP) is 25.8. The molecule has 0 aromatic carbocycles. The third-order valence-electron chi connectivity index (χ3n) is 20.0. The van der Waals surface area contributed by atoms with Crippen LogP contribution in [0.3, 0.4) is 0 Å². The normalized spacial score (nSPS) is 13.8. The second kappa shape index (κ2) is 76.4. The number of carbonyl (C=O) groups is 4. The van der Waals surface area contributed by atoms with Gasteiger partial charge in [0, 0.05) is 25.7 Å². The lowest BCUT2D eigenvalue weighted by molar-refractivity contribution is -0.161. The summed E-state index contributed by atoms with van der Waals surface area (Å²) in [5.74, 6) is -0.521. The zero-order valence-corrected chi connectivity index (χ0v) is 70.1. The van der Waals surface area contributed by atoms with Crippen LogP contribution in [0.1, 0.15) is 452 Å². The molecular formula is C85H166O17P2. The summed E-state index contributed by atoms with van der Waals surface area (Å²) in [5.41, 5.74) is 0. The first-order valence-electron chi connectivity index (χ1n) is 44.0. The Balaban J connectivity index is 5.27. The summed E-state index contributed by atoms with van der Waals surface area (Å²) < 4.78 is 68.9. The van der Waals surface area contributed by atoms with Gasteiger partial charge >= 0.3 is 39.5 Å². The predicted molar refractivity (Wildman–Crippen MR) is 428 cm³/mol. The third-order valence-corrected chi connectivity index (χ3v) is 21.9. The van der Waals surface area contributed by atoms with Crippen molar-refractivity contribution in [3.63, 3.8) is 0 Å². The number of aliphatic hydroxyl groups is 1. The number of aliphatic hydroxyl groups excluding tert-OH is 1. The van der Waals surface area contributed by atoms with E-state index in [1.165, 1.54) is 270 Å². The summed E-state index contributed by atoms with van der Waals surface area (Å²) in [6, 6.07) is 0. The van der Waals surface area contributed by atoms with Gasteiger partial charge < -0.3 is 33.8 Å². The van der Waals surface area contributed by atoms with Gasteiger partial charge in [0.05, 0.1) is 26.4 Å². The standard InChI is InChI=1S/C85H166O17P2/c1-7-9-11-13-15-17-19-21-22-23-24-27-31-38-44-50-56-62-68-83(88)96-74-80(101-84(89)69-63-57-51-45-39-32-28-25-26-30-35-41-47-53-59-65-77(3)4)75-99-103(91,92)97-71-79(86)72-98-104(93,94)100-76-81(73-95-82(87)67-61-55-49-43-37-29-20-18-16-14-12-10-8-2)102-85(90)70-64-58-52-46-40-34-33-36-42-48-54-60-66-78(5)6/h77-81,86H,7-76H2,1-6H3,(H,91,92)(H,93,94)/t79-,80-,81-/m1/s1. The number of hydrogen-bond donors (Lipinski definition) is 3. The van der Waals surface area contributed by atoms with Gasteiger partial charge in [-0.25, -0.2) is 9.13 Å². The van der Waals surface area contributed by atoms with Crippen LogP contribution in [0.5, 0.6) is 0 Å². The van der Waals surface area contributed by atoms with Crippen LogP contribution in [0.15, 0.2) is 0 Å². The molecule has 0 radical (unpaired) electrons. The van der Waals surface area contributed by atoms with Crippen molar-refractivity contribution in [2.75, 3.05) is 39.6 Å². The quantitative estimate of drug-likeness (QED) is 0.0222. The van der Waals surface area contributed by atoms with Crippen molar-refractivity contribution in [1.82, 2.24) is 0 Å². The molecule has 0 aromatic rings. The van der Waals surface area contributed by atoms with E-state index in [9.17, 15) is 43.2 Å². The molecule has 0 aliphatic heterocycles. The fourth-order valence-electron chi connectivity index (χ4n) is 13.2. The van der Waals surface area contributed by atoms with Crippen molar-refractivity contribution in [1.29, 1.82) is 0 Å². The Labute approximate surface area is 638 Å². The molecule has 3 N–H and O–H groups in total. The smallest absolute Gasteiger partial charge is 0.462 e. The molecule has 0 saturated heterocycles. The number of ether oxygens (including phenoxy) is 4. The van der Waals surface area contributed by atoms with Crippen molar-refractivity contribution < 1.29 is 80.2 Å². The van der Waals surface area contributed by atoms with E-state index in [-0.39, 0.29) is 25.7 Å². The fourth-order valence-corrected chi connectivity index (χ4v) is 14.8. The molecule has 0 aliphatic rings. The van der Waals surface area contributed by atoms with Crippen molar-refractivity contribution >= 4 is 39.5 Å². The minimum Gasteiger partial charge on any atom is -0.462 e. The van der Waals surface area contributed by atoms with E-state index in [0.29, 0.717) is 25.7 Å². The van der Waals surface area contributed by atoms with Gasteiger partial charge in [-0.1, -0.05) is 401 Å². The summed E-state index contributed by atoms with van der Waals surface area (Å²) in [5, 5.41) is 10.7. The highest BCUT2D eigenvalue weighted by molar-refractivity contribution is 7.47. The zero-order valence-electron chi connectivity index (χ0n) is 68.3. The van der Waals surface area contributed by atoms with Crippen LogP contribution < -0.4 is 0 Å². The van der Waals surface area contributed by atoms with Gasteiger partial charge in [0.15, 0.2) is 12.2 Å². The number of hydrogen-bond acceptors (Lipinski definition) is 15. The summed E-state index contributed by atoms with van der Waals surface area (Å²) in [6.07, 6.45) is 67.9. The highest BCUT2D eigenvalue weighted by atomic mass is 31.2. The van der Waals surface area contributed by atoms with Crippen LogP contribution in [0, 0.1) is 11.8 Å². The van der Waals surface area contributed by atoms with Crippen molar-refractivity contribution in [2.45, 2.75) is 471 Å². The second-order valence-electron chi connectivity index (χ2n) is 31.5. The van der Waals surface area contributed by atoms with Gasteiger partial charge in [-0.15, -0.1) is 0 Å². The second-order valence-corrected chi connectivity index (χ2v) is 34.4. The van der Waals surface area contributed by atoms with Crippen LogP contribution in [0.2, 0.25) is 0 Å². The van der Waals surface area contributed by atoms with Crippen LogP contribution in [-0.2, 0) is 65.4 Å². The molecule has 0 amide bonds. The Morgan fingerprint density at radius 2 is 0.442 bits per heavy atom. The molecule has 0 bridgehead atoms. The van der Waals surface area contributed by atoms with Gasteiger partial charge in [0.25, 0.3) is 0 Å². The highest BCUT2D eigenvalue weighted by Crippen LogP contribution is 2.45. The summed E-state index contributed by atoms with van der Waals surface area (Å²) in [7, 11) is -9.93. The molecule has 2 unspecified atom stereocenters. The molecule has 0 fully saturated rings. The van der Waals surface area contributed by atoms with Gasteiger partial charge in [-0.2, -0.15) is 0 Å². The maximum absolute atomic E-state index is 13.1. The average molecular weight is 1520 g/mol. The first kappa shape index (κ1) is 102. The van der Waals surface area contributed by atoms with E-state index in [0.717, 1.165) is 102 Å². The molecule has 19 heteroatoms. The Bertz CT molecular complexity index is 1990. The summed E-state index contributed by atoms with van der Waals surface area (Å²) in [4.78, 5) is 73.2. The van der Waals surface area contributed by atoms with Crippen molar-refractivity contribution in [2.24, 2.45) is 11.8 Å². The topological polar surface area (TPSA) is 237 Å². The number of esters is 4. The lowest BCUT2D eigenvalue weighted by atomic mass is 10.0. The van der Waals surface area contributed by atoms with E-state index in [1.807, 2.05) is 0 Å². The first-order chi connectivity index (χ1) is 50.4. The molecule has 17 nitrogen and oxygen atoms in total. The van der Waals surface area contributed by atoms with E-state index < -0.39 is 97.5 Å². The monoisotopic (exact) mass is 1520 g/mol. The Morgan fingerprint density at radius 1 is 0.260 bits per heavy atom. The lowest BCUT2D eigenvalue weighted by Crippen LogP contribution is -2.30. The molecule has 0 spiro atoms. The van der Waals surface area contributed by atoms with Crippen molar-refractivity contribution in [3.8, 4) is 0 Å². The van der Waals surface area contributed by atoms with Crippen molar-refractivity contribution in [3.05, 3.63) is 0 Å². The van der Waals surface area contributed by atoms with Gasteiger partial charge in [0.2, 0.25) is 0 Å². The Kier molecular flexibility index (Phi) is 75.0. The zero-order chi connectivity index (χ0) is 76.4. The van der Waals surface area contributed by atoms with E-state index in [2.05, 4.69) is 41.5 Å². The maximum Gasteiger partial charge on any atom is 0.472 e. The minimum absolute atomic E-state index is 0.108. The molecule has 0 rings (SSSR count). The molecule has 0 aromatic heterocycles. The SMILES string of the molecule is CCCCCCCCCCCCCCCCCCCCC(=O)OC[C@H](COP(=O)(O)OC[C@@H](O)COP(=O)(O)OC[C@@H](COC(=O)CCCCCCCCCCCCCCC)OC(=O)CCCCCCCCCCCCCCC(C)C)OC(=O)CCCCCCCCCCCCCCCCCC(C)C. The van der Waals surface area contributed by atoms with Gasteiger partial charge in [-0.05, 0) is 37.5 Å². The molecule has 618 valence electrons. The molecule has 0 heterocycles. The number of unbranched alkanes of at least 4 members (excludes halogenated alkanes) is 54. The fraction of sp³-hybridized carbons (Fsp3) is 0.953. The highest BCUT2D eigenvalue weighted by Gasteiger charge is 2.30. The lowest BCUT2D eigenvalue weighted by Gasteiger charge is -2.21. The third kappa shape index (κ3) is 78.2. The van der Waals surface area contributed by atoms with E-state index in [4.69, 9.17) is 37.0 Å². The molecule has 0 saturated carbocycles. The molecule has 104 heavy (non-hydrogen) atoms. The van der Waals surface area contributed by atoms with E-state index in [1.54, 1.807) is 0 Å². The number of carbonyl (C=O) groups excluding carboxylic acids is 4. The largest absolute Gasteiger partial charge is 0.472 e. The van der Waals surface area contributed by atoms with Crippen LogP contribution in [0.4, 0.5) is 0 Å². The summed E-state index contributed by atoms with van der Waals surface area (Å²) >= 11 is 0. The molecule has 0 aliphatic carbocycles. The summed E-state index contributed by atoms with van der Waals surface area (Å²) in [6.45, 7) is 9.71. The number of phosphoric acid groups is 2. The molecular weight excluding hydrogens is 1350 g/mol. The van der Waals surface area contributed by atoms with Crippen LogP contribution in [-0.4, -0.2) is 96.7 Å². The maximum atomic E-state index is 13.1. The van der Waals surface area contributed by atoms with E-state index >= 15 is 0 Å². The Hall–Kier alpha value is -1.94.